The van der Waals surface area contributed by atoms with Crippen molar-refractivity contribution < 1.29 is 23.6 Å². The molecular formula is C25H30N2O5. The van der Waals surface area contributed by atoms with Gasteiger partial charge in [0.1, 0.15) is 17.4 Å². The molecule has 2 unspecified atom stereocenters. The van der Waals surface area contributed by atoms with E-state index in [1.54, 1.807) is 0 Å². The normalized spacial score (nSPS) is 19.9. The maximum atomic E-state index is 11.7. The molecule has 1 aromatic carbocycles. The van der Waals surface area contributed by atoms with E-state index in [9.17, 15) is 9.59 Å². The van der Waals surface area contributed by atoms with Gasteiger partial charge in [-0.25, -0.2) is 9.78 Å². The molecule has 1 N–H and O–H groups in total. The number of amides is 1. The van der Waals surface area contributed by atoms with Gasteiger partial charge in [-0.3, -0.25) is 4.79 Å². The Hall–Kier alpha value is -3.35. The predicted molar refractivity (Wildman–Crippen MR) is 120 cm³/mol. The molecule has 32 heavy (non-hydrogen) atoms. The molecule has 1 aliphatic heterocycles. The number of allylic oxidation sites excluding steroid dienone is 3. The summed E-state index contributed by atoms with van der Waals surface area (Å²) in [5.74, 6) is 0.741. The van der Waals surface area contributed by atoms with E-state index >= 15 is 0 Å². The van der Waals surface area contributed by atoms with Gasteiger partial charge >= 0.3 is 5.97 Å². The number of rotatable bonds is 7. The summed E-state index contributed by atoms with van der Waals surface area (Å²) in [6.45, 7) is 6.40. The van der Waals surface area contributed by atoms with Crippen LogP contribution >= 0.6 is 0 Å². The van der Waals surface area contributed by atoms with Gasteiger partial charge < -0.3 is 14.0 Å². The highest BCUT2D eigenvalue weighted by Gasteiger charge is 2.37. The lowest BCUT2D eigenvalue weighted by atomic mass is 9.91. The van der Waals surface area contributed by atoms with E-state index in [-0.39, 0.29) is 11.8 Å². The van der Waals surface area contributed by atoms with Crippen LogP contribution in [0.2, 0.25) is 0 Å². The number of hydroxylamine groups is 1. The van der Waals surface area contributed by atoms with Gasteiger partial charge in [0.05, 0.1) is 12.3 Å². The second kappa shape index (κ2) is 11.3. The summed E-state index contributed by atoms with van der Waals surface area (Å²) in [5, 5.41) is 0. The summed E-state index contributed by atoms with van der Waals surface area (Å²) in [6, 6.07) is 9.81. The molecule has 7 heteroatoms. The molecule has 170 valence electrons. The molecule has 1 fully saturated rings. The van der Waals surface area contributed by atoms with E-state index in [0.29, 0.717) is 25.3 Å². The molecular weight excluding hydrogens is 408 g/mol. The molecule has 7 nitrogen and oxygen atoms in total. The van der Waals surface area contributed by atoms with E-state index in [1.807, 2.05) is 69.3 Å². The van der Waals surface area contributed by atoms with Crippen molar-refractivity contribution in [1.82, 2.24) is 10.5 Å². The monoisotopic (exact) mass is 438 g/mol. The lowest BCUT2D eigenvalue weighted by molar-refractivity contribution is -0.146. The maximum Gasteiger partial charge on any atom is 0.344 e. The molecule has 1 amide bonds. The van der Waals surface area contributed by atoms with Gasteiger partial charge in [0, 0.05) is 12.0 Å². The fraction of sp³-hybridized carbons (Fsp3) is 0.400. The number of nitrogens with one attached hydrogen (secondary N) is 1. The number of aromatic nitrogens is 1. The second-order valence-corrected chi connectivity index (χ2v) is 7.47. The first-order valence-corrected chi connectivity index (χ1v) is 11.1. The van der Waals surface area contributed by atoms with E-state index < -0.39 is 11.9 Å². The quantitative estimate of drug-likeness (QED) is 0.631. The largest absolute Gasteiger partial charge is 0.494 e. The average molecular weight is 439 g/mol. The molecule has 2 aromatic rings. The minimum atomic E-state index is -0.726. The first kappa shape index (κ1) is 23.3. The highest BCUT2D eigenvalue weighted by Crippen LogP contribution is 2.26. The third-order valence-electron chi connectivity index (χ3n) is 5.33. The molecule has 0 saturated carbocycles. The van der Waals surface area contributed by atoms with Crippen molar-refractivity contribution in [2.75, 3.05) is 6.61 Å². The van der Waals surface area contributed by atoms with Crippen LogP contribution in [0.3, 0.4) is 0 Å². The second-order valence-electron chi connectivity index (χ2n) is 7.47. The Morgan fingerprint density at radius 1 is 1.19 bits per heavy atom. The zero-order chi connectivity index (χ0) is 22.9. The third kappa shape index (κ3) is 5.87. The highest BCUT2D eigenvalue weighted by atomic mass is 16.7. The van der Waals surface area contributed by atoms with Crippen LogP contribution in [0.15, 0.2) is 58.7 Å². The van der Waals surface area contributed by atoms with Crippen LogP contribution < -0.4 is 5.48 Å². The van der Waals surface area contributed by atoms with E-state index in [1.165, 1.54) is 0 Å². The first-order chi connectivity index (χ1) is 15.6. The Balaban J connectivity index is 0.00000141. The van der Waals surface area contributed by atoms with Crippen molar-refractivity contribution in [2.24, 2.45) is 11.8 Å². The summed E-state index contributed by atoms with van der Waals surface area (Å²) in [6.07, 6.45) is 8.72. The number of oxazole rings is 1. The van der Waals surface area contributed by atoms with Crippen molar-refractivity contribution >= 4 is 11.9 Å². The van der Waals surface area contributed by atoms with Crippen LogP contribution in [0.5, 0.6) is 0 Å². The summed E-state index contributed by atoms with van der Waals surface area (Å²) < 4.78 is 11.7. The van der Waals surface area contributed by atoms with Gasteiger partial charge in [0.15, 0.2) is 0 Å². The van der Waals surface area contributed by atoms with Crippen LogP contribution in [-0.2, 0) is 25.6 Å². The Bertz CT molecular complexity index is 961. The van der Waals surface area contributed by atoms with E-state index in [4.69, 9.17) is 9.15 Å². The highest BCUT2D eigenvalue weighted by molar-refractivity contribution is 6.01. The topological polar surface area (TPSA) is 90.7 Å². The molecule has 2 aliphatic rings. The smallest absolute Gasteiger partial charge is 0.344 e. The van der Waals surface area contributed by atoms with E-state index in [0.717, 1.165) is 35.6 Å². The molecule has 4 rings (SSSR count). The van der Waals surface area contributed by atoms with Crippen molar-refractivity contribution in [3.05, 3.63) is 65.8 Å². The van der Waals surface area contributed by atoms with Crippen LogP contribution in [0.4, 0.5) is 0 Å². The number of benzene rings is 1. The number of nitrogens with zero attached hydrogens (tertiary/aromatic N) is 1. The number of hydrogen-bond acceptors (Lipinski definition) is 6. The summed E-state index contributed by atoms with van der Waals surface area (Å²) in [4.78, 5) is 32.5. The first-order valence-electron chi connectivity index (χ1n) is 11.1. The summed E-state index contributed by atoms with van der Waals surface area (Å²) >= 11 is 0. The standard InChI is InChI=1S/C23H24N2O5.C2H6/c1-15-20(24-22(29-15)17-7-3-2-4-8-17)12-13-28-18-9-5-6-16(10-11-18)14-19-21(26)25-30-23(19)27;1-2/h2-4,7-11,16,19H,5-6,12-14H2,1H3,(H,25,26);1-2H3. The summed E-state index contributed by atoms with van der Waals surface area (Å²) in [5.41, 5.74) is 3.97. The molecule has 0 bridgehead atoms. The number of carbonyl (C=O) groups is 2. The van der Waals surface area contributed by atoms with Gasteiger partial charge in [-0.15, -0.1) is 0 Å². The average Bonchev–Trinajstić information content (AvgIpc) is 3.24. The molecule has 2 atom stereocenters. The Morgan fingerprint density at radius 3 is 2.69 bits per heavy atom. The van der Waals surface area contributed by atoms with Crippen molar-refractivity contribution in [3.8, 4) is 11.5 Å². The molecule has 1 aliphatic carbocycles. The number of aryl methyl sites for hydroxylation is 1. The maximum absolute atomic E-state index is 11.7. The van der Waals surface area contributed by atoms with Crippen LogP contribution in [0.1, 0.15) is 44.6 Å². The van der Waals surface area contributed by atoms with Gasteiger partial charge in [0.25, 0.3) is 5.91 Å². The Labute approximate surface area is 188 Å². The third-order valence-corrected chi connectivity index (χ3v) is 5.33. The fourth-order valence-electron chi connectivity index (χ4n) is 3.62. The van der Waals surface area contributed by atoms with Gasteiger partial charge in [0.2, 0.25) is 5.89 Å². The number of hydrogen-bond donors (Lipinski definition) is 1. The number of carbonyl (C=O) groups excluding carboxylic acids is 2. The minimum absolute atomic E-state index is 0.120. The number of ether oxygens (including phenoxy) is 1. The SMILES string of the molecule is CC.Cc1oc(-c2ccccc2)nc1CCOC1=CCCC(CC2C(=O)NOC2=O)C=C1. The Kier molecular flexibility index (Phi) is 8.25. The predicted octanol–water partition coefficient (Wildman–Crippen LogP) is 4.68. The van der Waals surface area contributed by atoms with Crippen LogP contribution in [0, 0.1) is 18.8 Å². The van der Waals surface area contributed by atoms with Gasteiger partial charge in [-0.05, 0) is 56.4 Å². The molecule has 0 spiro atoms. The van der Waals surface area contributed by atoms with E-state index in [2.05, 4.69) is 15.3 Å². The van der Waals surface area contributed by atoms with Crippen molar-refractivity contribution in [3.63, 3.8) is 0 Å². The minimum Gasteiger partial charge on any atom is -0.494 e. The van der Waals surface area contributed by atoms with Crippen LogP contribution in [-0.4, -0.2) is 23.5 Å². The molecule has 1 aromatic heterocycles. The summed E-state index contributed by atoms with van der Waals surface area (Å²) in [7, 11) is 0. The zero-order valence-corrected chi connectivity index (χ0v) is 18.8. The van der Waals surface area contributed by atoms with Crippen molar-refractivity contribution in [1.29, 1.82) is 0 Å². The van der Waals surface area contributed by atoms with Gasteiger partial charge in [-0.1, -0.05) is 38.1 Å². The molecule has 0 radical (unpaired) electrons. The molecule has 2 heterocycles. The lowest BCUT2D eigenvalue weighted by Crippen LogP contribution is -2.22. The zero-order valence-electron chi connectivity index (χ0n) is 18.8. The fourth-order valence-corrected chi connectivity index (χ4v) is 3.62. The Morgan fingerprint density at radius 2 is 1.97 bits per heavy atom. The van der Waals surface area contributed by atoms with Gasteiger partial charge in [-0.2, -0.15) is 5.48 Å². The van der Waals surface area contributed by atoms with Crippen molar-refractivity contribution in [2.45, 2.75) is 46.5 Å². The molecule has 1 saturated heterocycles. The lowest BCUT2D eigenvalue weighted by Gasteiger charge is -2.11. The van der Waals surface area contributed by atoms with Crippen LogP contribution in [0.25, 0.3) is 11.5 Å².